The topological polar surface area (TPSA) is 50.7 Å². The number of hydrogen-bond acceptors (Lipinski definition) is 4. The van der Waals surface area contributed by atoms with E-state index in [-0.39, 0.29) is 10.6 Å². The molecule has 0 amide bonds. The van der Waals surface area contributed by atoms with E-state index in [1.807, 2.05) is 7.05 Å². The van der Waals surface area contributed by atoms with E-state index in [0.29, 0.717) is 12.2 Å². The summed E-state index contributed by atoms with van der Waals surface area (Å²) in [4.78, 5) is 11.4. The lowest BCUT2D eigenvalue weighted by Crippen LogP contribution is -2.12. The molecule has 0 radical (unpaired) electrons. The van der Waals surface area contributed by atoms with Crippen LogP contribution in [0.1, 0.15) is 5.82 Å². The number of halogens is 2. The fraction of sp³-hybridized carbons (Fsp3) is 0.500. The molecule has 0 bridgehead atoms. The van der Waals surface area contributed by atoms with Crippen LogP contribution in [-0.2, 0) is 6.42 Å². The predicted molar refractivity (Wildman–Crippen MR) is 47.5 cm³/mol. The van der Waals surface area contributed by atoms with Crippen LogP contribution in [0.5, 0.6) is 0 Å². The second kappa shape index (κ2) is 4.54. The van der Waals surface area contributed by atoms with Crippen molar-refractivity contribution >= 4 is 23.2 Å². The fourth-order valence-corrected chi connectivity index (χ4v) is 1.11. The van der Waals surface area contributed by atoms with Crippen molar-refractivity contribution in [1.82, 2.24) is 20.3 Å². The number of likely N-dealkylation sites (N-methyl/N-ethyl adjacent to an activating group) is 1. The van der Waals surface area contributed by atoms with E-state index < -0.39 is 0 Å². The summed E-state index contributed by atoms with van der Waals surface area (Å²) in [5.74, 6) is 0.606. The van der Waals surface area contributed by atoms with Gasteiger partial charge < -0.3 is 5.32 Å². The van der Waals surface area contributed by atoms with Gasteiger partial charge in [-0.25, -0.2) is 9.97 Å². The van der Waals surface area contributed by atoms with Crippen LogP contribution in [0.15, 0.2) is 0 Å². The Bertz CT molecular complexity index is 245. The van der Waals surface area contributed by atoms with Crippen molar-refractivity contribution in [2.75, 3.05) is 13.6 Å². The molecule has 6 heteroatoms. The molecule has 66 valence electrons. The standard InChI is InChI=1S/C6H8Cl2N4/c1-9-3-2-4-10-5(7)12-6(8)11-4/h9H,2-3H2,1H3. The number of aromatic nitrogens is 3. The van der Waals surface area contributed by atoms with Gasteiger partial charge in [0.25, 0.3) is 0 Å². The molecule has 0 spiro atoms. The Morgan fingerprint density at radius 2 is 1.75 bits per heavy atom. The lowest BCUT2D eigenvalue weighted by atomic mass is 10.4. The second-order valence-corrected chi connectivity index (χ2v) is 2.82. The number of hydrogen-bond donors (Lipinski definition) is 1. The van der Waals surface area contributed by atoms with Crippen molar-refractivity contribution < 1.29 is 0 Å². The summed E-state index contributed by atoms with van der Waals surface area (Å²) in [5, 5.41) is 3.25. The van der Waals surface area contributed by atoms with Gasteiger partial charge in [-0.05, 0) is 30.2 Å². The molecule has 0 atom stereocenters. The van der Waals surface area contributed by atoms with Crippen LogP contribution in [0, 0.1) is 0 Å². The molecule has 1 aromatic rings. The van der Waals surface area contributed by atoms with Crippen molar-refractivity contribution in [3.8, 4) is 0 Å². The summed E-state index contributed by atoms with van der Waals surface area (Å²) in [7, 11) is 1.85. The molecular weight excluding hydrogens is 199 g/mol. The van der Waals surface area contributed by atoms with E-state index in [2.05, 4.69) is 20.3 Å². The van der Waals surface area contributed by atoms with Gasteiger partial charge >= 0.3 is 0 Å². The second-order valence-electron chi connectivity index (χ2n) is 2.14. The van der Waals surface area contributed by atoms with Crippen LogP contribution in [0.2, 0.25) is 10.6 Å². The maximum absolute atomic E-state index is 5.56. The zero-order valence-corrected chi connectivity index (χ0v) is 8.02. The minimum atomic E-state index is 0.140. The van der Waals surface area contributed by atoms with Gasteiger partial charge in [-0.15, -0.1) is 0 Å². The summed E-state index contributed by atoms with van der Waals surface area (Å²) in [6.07, 6.45) is 0.693. The van der Waals surface area contributed by atoms with Crippen LogP contribution < -0.4 is 5.32 Å². The number of nitrogens with zero attached hydrogens (tertiary/aromatic N) is 3. The van der Waals surface area contributed by atoms with Crippen molar-refractivity contribution in [3.63, 3.8) is 0 Å². The van der Waals surface area contributed by atoms with Gasteiger partial charge in [0.2, 0.25) is 10.6 Å². The molecule has 0 saturated heterocycles. The van der Waals surface area contributed by atoms with Crippen LogP contribution >= 0.6 is 23.2 Å². The maximum Gasteiger partial charge on any atom is 0.226 e. The Morgan fingerprint density at radius 3 is 2.25 bits per heavy atom. The lowest BCUT2D eigenvalue weighted by Gasteiger charge is -1.98. The van der Waals surface area contributed by atoms with E-state index >= 15 is 0 Å². The highest BCUT2D eigenvalue weighted by Gasteiger charge is 2.01. The molecule has 0 fully saturated rings. The molecular formula is C6H8Cl2N4. The monoisotopic (exact) mass is 206 g/mol. The SMILES string of the molecule is CNCCc1nc(Cl)nc(Cl)n1. The van der Waals surface area contributed by atoms with Crippen LogP contribution in [0.25, 0.3) is 0 Å². The van der Waals surface area contributed by atoms with Crippen molar-refractivity contribution in [2.24, 2.45) is 0 Å². The minimum absolute atomic E-state index is 0.140. The van der Waals surface area contributed by atoms with Gasteiger partial charge in [0, 0.05) is 13.0 Å². The van der Waals surface area contributed by atoms with Gasteiger partial charge in [0.05, 0.1) is 0 Å². The lowest BCUT2D eigenvalue weighted by molar-refractivity contribution is 0.748. The van der Waals surface area contributed by atoms with E-state index in [9.17, 15) is 0 Å². The van der Waals surface area contributed by atoms with Gasteiger partial charge in [0.1, 0.15) is 5.82 Å². The van der Waals surface area contributed by atoms with Crippen molar-refractivity contribution in [2.45, 2.75) is 6.42 Å². The minimum Gasteiger partial charge on any atom is -0.319 e. The van der Waals surface area contributed by atoms with Crippen molar-refractivity contribution in [3.05, 3.63) is 16.4 Å². The Hall–Kier alpha value is -0.450. The van der Waals surface area contributed by atoms with E-state index in [1.54, 1.807) is 0 Å². The van der Waals surface area contributed by atoms with Crippen LogP contribution in [0.3, 0.4) is 0 Å². The Kier molecular flexibility index (Phi) is 3.65. The van der Waals surface area contributed by atoms with Gasteiger partial charge in [-0.3, -0.25) is 0 Å². The van der Waals surface area contributed by atoms with Crippen LogP contribution in [-0.4, -0.2) is 28.5 Å². The Morgan fingerprint density at radius 1 is 1.17 bits per heavy atom. The largest absolute Gasteiger partial charge is 0.319 e. The first-order chi connectivity index (χ1) is 5.72. The van der Waals surface area contributed by atoms with Gasteiger partial charge in [-0.1, -0.05) is 0 Å². The first kappa shape index (κ1) is 9.64. The highest BCUT2D eigenvalue weighted by molar-refractivity contribution is 6.30. The average Bonchev–Trinajstić information content (AvgIpc) is 1.99. The predicted octanol–water partition coefficient (Wildman–Crippen LogP) is 0.940. The first-order valence-corrected chi connectivity index (χ1v) is 4.18. The van der Waals surface area contributed by atoms with Crippen LogP contribution in [0.4, 0.5) is 0 Å². The molecule has 1 aromatic heterocycles. The molecule has 0 aromatic carbocycles. The normalized spacial score (nSPS) is 10.2. The zero-order chi connectivity index (χ0) is 8.97. The Labute approximate surface area is 80.3 Å². The first-order valence-electron chi connectivity index (χ1n) is 3.43. The molecule has 0 aliphatic heterocycles. The third-order valence-electron chi connectivity index (χ3n) is 1.23. The third kappa shape index (κ3) is 2.89. The zero-order valence-electron chi connectivity index (χ0n) is 6.51. The van der Waals surface area contributed by atoms with E-state index in [1.165, 1.54) is 0 Å². The molecule has 1 heterocycles. The molecule has 0 unspecified atom stereocenters. The highest BCUT2D eigenvalue weighted by atomic mass is 35.5. The van der Waals surface area contributed by atoms with Crippen molar-refractivity contribution in [1.29, 1.82) is 0 Å². The number of nitrogens with one attached hydrogen (secondary N) is 1. The summed E-state index contributed by atoms with van der Waals surface area (Å²) < 4.78 is 0. The molecule has 1 N–H and O–H groups in total. The molecule has 0 aliphatic rings. The van der Waals surface area contributed by atoms with Gasteiger partial charge in [0.15, 0.2) is 0 Å². The Balaban J connectivity index is 2.72. The quantitative estimate of drug-likeness (QED) is 0.801. The molecule has 12 heavy (non-hydrogen) atoms. The molecule has 4 nitrogen and oxygen atoms in total. The smallest absolute Gasteiger partial charge is 0.226 e. The average molecular weight is 207 g/mol. The van der Waals surface area contributed by atoms with E-state index in [4.69, 9.17) is 23.2 Å². The summed E-state index contributed by atoms with van der Waals surface area (Å²) in [6, 6.07) is 0. The van der Waals surface area contributed by atoms with E-state index in [0.717, 1.165) is 6.54 Å². The molecule has 0 saturated carbocycles. The summed E-state index contributed by atoms with van der Waals surface area (Å²) in [6.45, 7) is 0.788. The maximum atomic E-state index is 5.56. The molecule has 1 rings (SSSR count). The third-order valence-corrected chi connectivity index (χ3v) is 1.56. The molecule has 0 aliphatic carbocycles. The fourth-order valence-electron chi connectivity index (χ4n) is 0.713. The number of rotatable bonds is 3. The van der Waals surface area contributed by atoms with Gasteiger partial charge in [-0.2, -0.15) is 4.98 Å². The summed E-state index contributed by atoms with van der Waals surface area (Å²) in [5.41, 5.74) is 0. The summed E-state index contributed by atoms with van der Waals surface area (Å²) >= 11 is 11.1. The highest BCUT2D eigenvalue weighted by Crippen LogP contribution is 2.05.